The van der Waals surface area contributed by atoms with Gasteiger partial charge in [-0.15, -0.1) is 0 Å². The normalized spacial score (nSPS) is 11.8. The maximum absolute atomic E-state index is 11.8. The highest BCUT2D eigenvalue weighted by Gasteiger charge is 2.18. The average molecular weight is 287 g/mol. The van der Waals surface area contributed by atoms with Crippen LogP contribution in [0.5, 0.6) is 0 Å². The molecule has 3 aromatic rings. The molecule has 1 aromatic heterocycles. The monoisotopic (exact) mass is 287 g/mol. The Labute approximate surface area is 116 Å². The predicted molar refractivity (Wildman–Crippen MR) is 78.6 cm³/mol. The van der Waals surface area contributed by atoms with Crippen molar-refractivity contribution in [1.82, 2.24) is 9.55 Å². The van der Waals surface area contributed by atoms with E-state index in [1.54, 1.807) is 22.8 Å². The lowest BCUT2D eigenvalue weighted by molar-refractivity contribution is 0.602. The summed E-state index contributed by atoms with van der Waals surface area (Å²) in [4.78, 5) is 4.41. The first-order valence-electron chi connectivity index (χ1n) is 6.01. The summed E-state index contributed by atoms with van der Waals surface area (Å²) in [6.07, 6.45) is 1.17. The lowest BCUT2D eigenvalue weighted by Gasteiger charge is -2.06. The average Bonchev–Trinajstić information content (AvgIpc) is 2.74. The zero-order valence-electron chi connectivity index (χ0n) is 10.8. The van der Waals surface area contributed by atoms with Gasteiger partial charge in [0.25, 0.3) is 0 Å². The van der Waals surface area contributed by atoms with E-state index in [-0.39, 0.29) is 10.8 Å². The molecule has 0 aliphatic rings. The number of imidazole rings is 1. The molecule has 0 aliphatic carbocycles. The number of aromatic nitrogens is 2. The van der Waals surface area contributed by atoms with Gasteiger partial charge in [-0.25, -0.2) is 13.4 Å². The van der Waals surface area contributed by atoms with Crippen molar-refractivity contribution >= 4 is 26.8 Å². The minimum atomic E-state index is -3.35. The van der Waals surface area contributed by atoms with Gasteiger partial charge in [-0.3, -0.25) is 4.57 Å². The molecule has 0 saturated heterocycles. The van der Waals surface area contributed by atoms with Crippen molar-refractivity contribution in [2.45, 2.75) is 4.90 Å². The molecule has 0 saturated carbocycles. The summed E-state index contributed by atoms with van der Waals surface area (Å²) < 4.78 is 25.4. The number of hydrogen-bond donors (Lipinski definition) is 1. The summed E-state index contributed by atoms with van der Waals surface area (Å²) in [6.45, 7) is 0. The number of anilines is 1. The van der Waals surface area contributed by atoms with E-state index in [1.165, 1.54) is 6.26 Å². The van der Waals surface area contributed by atoms with E-state index in [9.17, 15) is 8.42 Å². The van der Waals surface area contributed by atoms with E-state index in [1.807, 2.05) is 30.3 Å². The van der Waals surface area contributed by atoms with Crippen molar-refractivity contribution in [2.75, 3.05) is 12.0 Å². The summed E-state index contributed by atoms with van der Waals surface area (Å²) in [5.74, 6) is 0.266. The van der Waals surface area contributed by atoms with Gasteiger partial charge < -0.3 is 5.73 Å². The van der Waals surface area contributed by atoms with Gasteiger partial charge in [-0.1, -0.05) is 24.3 Å². The SMILES string of the molecule is CS(=O)(=O)c1cccc2c1nc(N)n2-c1ccccc1. The molecule has 2 aromatic carbocycles. The second-order valence-electron chi connectivity index (χ2n) is 4.54. The molecule has 5 nitrogen and oxygen atoms in total. The molecule has 0 bridgehead atoms. The summed E-state index contributed by atoms with van der Waals surface area (Å²) in [5.41, 5.74) is 7.88. The highest BCUT2D eigenvalue weighted by atomic mass is 32.2. The summed E-state index contributed by atoms with van der Waals surface area (Å²) in [6, 6.07) is 14.5. The number of sulfone groups is 1. The molecule has 0 amide bonds. The van der Waals surface area contributed by atoms with Crippen LogP contribution in [0, 0.1) is 0 Å². The first kappa shape index (κ1) is 12.7. The lowest BCUT2D eigenvalue weighted by atomic mass is 10.3. The van der Waals surface area contributed by atoms with Gasteiger partial charge >= 0.3 is 0 Å². The van der Waals surface area contributed by atoms with Crippen molar-refractivity contribution in [3.63, 3.8) is 0 Å². The van der Waals surface area contributed by atoms with Gasteiger partial charge in [-0.2, -0.15) is 0 Å². The van der Waals surface area contributed by atoms with Gasteiger partial charge in [-0.05, 0) is 24.3 Å². The van der Waals surface area contributed by atoms with Crippen molar-refractivity contribution in [2.24, 2.45) is 0 Å². The van der Waals surface area contributed by atoms with Gasteiger partial charge in [0.1, 0.15) is 5.52 Å². The highest BCUT2D eigenvalue weighted by molar-refractivity contribution is 7.91. The van der Waals surface area contributed by atoms with Crippen LogP contribution < -0.4 is 5.73 Å². The Morgan fingerprint density at radius 1 is 1.05 bits per heavy atom. The van der Waals surface area contributed by atoms with Crippen LogP contribution in [0.25, 0.3) is 16.7 Å². The zero-order chi connectivity index (χ0) is 14.3. The largest absolute Gasteiger partial charge is 0.369 e. The Morgan fingerprint density at radius 3 is 2.40 bits per heavy atom. The van der Waals surface area contributed by atoms with E-state index >= 15 is 0 Å². The number of nitrogen functional groups attached to an aromatic ring is 1. The molecule has 3 rings (SSSR count). The van der Waals surface area contributed by atoms with Gasteiger partial charge in [0.2, 0.25) is 5.95 Å². The number of nitrogens with zero attached hydrogens (tertiary/aromatic N) is 2. The Kier molecular flexibility index (Phi) is 2.76. The van der Waals surface area contributed by atoms with Crippen LogP contribution in [0.3, 0.4) is 0 Å². The molecule has 0 fully saturated rings. The quantitative estimate of drug-likeness (QED) is 0.782. The third-order valence-electron chi connectivity index (χ3n) is 3.09. The molecular weight excluding hydrogens is 274 g/mol. The van der Waals surface area contributed by atoms with Crippen LogP contribution in [-0.4, -0.2) is 24.2 Å². The smallest absolute Gasteiger partial charge is 0.205 e. The Bertz CT molecular complexity index is 883. The number of benzene rings is 2. The predicted octanol–water partition coefficient (Wildman–Crippen LogP) is 2.01. The van der Waals surface area contributed by atoms with Crippen LogP contribution in [0.1, 0.15) is 0 Å². The number of rotatable bonds is 2. The zero-order valence-corrected chi connectivity index (χ0v) is 11.6. The second kappa shape index (κ2) is 4.35. The Balaban J connectivity index is 2.40. The lowest BCUT2D eigenvalue weighted by Crippen LogP contribution is -2.00. The standard InChI is InChI=1S/C14H13N3O2S/c1-20(18,19)12-9-5-8-11-13(12)16-14(15)17(11)10-6-3-2-4-7-10/h2-9H,1H3,(H2,15,16). The molecule has 0 atom stereocenters. The van der Waals surface area contributed by atoms with E-state index in [0.29, 0.717) is 11.0 Å². The fraction of sp³-hybridized carbons (Fsp3) is 0.0714. The first-order chi connectivity index (χ1) is 9.48. The molecule has 102 valence electrons. The van der Waals surface area contributed by atoms with E-state index in [0.717, 1.165) is 5.69 Å². The second-order valence-corrected chi connectivity index (χ2v) is 6.52. The summed E-state index contributed by atoms with van der Waals surface area (Å²) in [5, 5.41) is 0. The molecule has 0 spiro atoms. The molecule has 0 aliphatic heterocycles. The first-order valence-corrected chi connectivity index (χ1v) is 7.90. The molecular formula is C14H13N3O2S. The topological polar surface area (TPSA) is 78.0 Å². The fourth-order valence-electron chi connectivity index (χ4n) is 2.24. The van der Waals surface area contributed by atoms with Crippen molar-refractivity contribution in [3.8, 4) is 5.69 Å². The fourth-order valence-corrected chi connectivity index (χ4v) is 3.07. The number of nitrogens with two attached hydrogens (primary N) is 1. The van der Waals surface area contributed by atoms with Crippen molar-refractivity contribution in [3.05, 3.63) is 48.5 Å². The van der Waals surface area contributed by atoms with Gasteiger partial charge in [0.05, 0.1) is 10.4 Å². The highest BCUT2D eigenvalue weighted by Crippen LogP contribution is 2.27. The molecule has 0 unspecified atom stereocenters. The minimum Gasteiger partial charge on any atom is -0.369 e. The van der Waals surface area contributed by atoms with Crippen molar-refractivity contribution in [1.29, 1.82) is 0 Å². The van der Waals surface area contributed by atoms with Crippen LogP contribution in [0.15, 0.2) is 53.4 Å². The molecule has 20 heavy (non-hydrogen) atoms. The van der Waals surface area contributed by atoms with Crippen molar-refractivity contribution < 1.29 is 8.42 Å². The van der Waals surface area contributed by atoms with E-state index < -0.39 is 9.84 Å². The van der Waals surface area contributed by atoms with E-state index in [2.05, 4.69) is 4.98 Å². The van der Waals surface area contributed by atoms with Gasteiger partial charge in [0.15, 0.2) is 9.84 Å². The van der Waals surface area contributed by atoms with E-state index in [4.69, 9.17) is 5.73 Å². The minimum absolute atomic E-state index is 0.191. The molecule has 6 heteroatoms. The maximum atomic E-state index is 11.8. The third kappa shape index (κ3) is 1.94. The number of fused-ring (bicyclic) bond motifs is 1. The molecule has 2 N–H and O–H groups in total. The number of hydrogen-bond acceptors (Lipinski definition) is 4. The third-order valence-corrected chi connectivity index (χ3v) is 4.22. The Morgan fingerprint density at radius 2 is 1.75 bits per heavy atom. The molecule has 1 heterocycles. The van der Waals surface area contributed by atoms with Crippen LogP contribution in [0.2, 0.25) is 0 Å². The molecule has 0 radical (unpaired) electrons. The maximum Gasteiger partial charge on any atom is 0.205 e. The number of para-hydroxylation sites is 2. The Hall–Kier alpha value is -2.34. The van der Waals surface area contributed by atoms with Crippen LogP contribution in [0.4, 0.5) is 5.95 Å². The summed E-state index contributed by atoms with van der Waals surface area (Å²) in [7, 11) is -3.35. The summed E-state index contributed by atoms with van der Waals surface area (Å²) >= 11 is 0. The van der Waals surface area contributed by atoms with Crippen LogP contribution in [-0.2, 0) is 9.84 Å². The van der Waals surface area contributed by atoms with Gasteiger partial charge in [0, 0.05) is 11.9 Å². The van der Waals surface area contributed by atoms with Crippen LogP contribution >= 0.6 is 0 Å².